The van der Waals surface area contributed by atoms with Gasteiger partial charge in [0, 0.05) is 12.5 Å². The van der Waals surface area contributed by atoms with Crippen LogP contribution in [0.3, 0.4) is 0 Å². The molecule has 110 valence electrons. The van der Waals surface area contributed by atoms with Crippen LogP contribution in [-0.4, -0.2) is 38.3 Å². The highest BCUT2D eigenvalue weighted by molar-refractivity contribution is 5.78. The lowest BCUT2D eigenvalue weighted by Crippen LogP contribution is -2.49. The first-order valence-corrected chi connectivity index (χ1v) is 7.87. The van der Waals surface area contributed by atoms with Gasteiger partial charge in [0.25, 0.3) is 0 Å². The molecule has 0 spiro atoms. The molecule has 4 nitrogen and oxygen atoms in total. The summed E-state index contributed by atoms with van der Waals surface area (Å²) in [4.78, 5) is 11.9. The number of amides is 1. The van der Waals surface area contributed by atoms with Gasteiger partial charge in [0.2, 0.25) is 5.91 Å². The van der Waals surface area contributed by atoms with E-state index in [0.717, 1.165) is 13.1 Å². The van der Waals surface area contributed by atoms with Crippen LogP contribution in [0.5, 0.6) is 0 Å². The monoisotopic (exact) mass is 268 g/mol. The molecule has 1 heterocycles. The Morgan fingerprint density at radius 2 is 1.95 bits per heavy atom. The number of nitrogens with one attached hydrogen (secondary N) is 2. The molecule has 1 saturated heterocycles. The summed E-state index contributed by atoms with van der Waals surface area (Å²) in [6, 6.07) is 0. The Balaban J connectivity index is 1.54. The summed E-state index contributed by atoms with van der Waals surface area (Å²) in [6.07, 6.45) is 8.10. The van der Waals surface area contributed by atoms with Gasteiger partial charge in [-0.15, -0.1) is 0 Å². The van der Waals surface area contributed by atoms with Gasteiger partial charge >= 0.3 is 0 Å². The van der Waals surface area contributed by atoms with Crippen molar-refractivity contribution < 1.29 is 9.53 Å². The third kappa shape index (κ3) is 4.77. The largest absolute Gasteiger partial charge is 0.376 e. The summed E-state index contributed by atoms with van der Waals surface area (Å²) in [6.45, 7) is 5.29. The summed E-state index contributed by atoms with van der Waals surface area (Å²) < 4.78 is 5.87. The first kappa shape index (κ1) is 14.8. The molecule has 4 heteroatoms. The molecule has 0 aromatic heterocycles. The summed E-state index contributed by atoms with van der Waals surface area (Å²) in [7, 11) is 0. The molecule has 19 heavy (non-hydrogen) atoms. The Morgan fingerprint density at radius 3 is 2.53 bits per heavy atom. The van der Waals surface area contributed by atoms with Crippen molar-refractivity contribution in [2.24, 2.45) is 11.8 Å². The molecule has 1 aliphatic heterocycles. The Bertz CT molecular complexity index is 271. The van der Waals surface area contributed by atoms with Crippen LogP contribution in [-0.2, 0) is 9.53 Å². The van der Waals surface area contributed by atoms with Gasteiger partial charge in [0.1, 0.15) is 0 Å². The Labute approximate surface area is 116 Å². The van der Waals surface area contributed by atoms with E-state index in [0.29, 0.717) is 25.2 Å². The molecule has 2 aliphatic rings. The Hall–Kier alpha value is -0.610. The van der Waals surface area contributed by atoms with E-state index < -0.39 is 0 Å². The molecular weight excluding hydrogens is 240 g/mol. The predicted octanol–water partition coefficient (Wildman–Crippen LogP) is 1.70. The van der Waals surface area contributed by atoms with Crippen LogP contribution in [0.4, 0.5) is 0 Å². The number of hydrogen-bond acceptors (Lipinski definition) is 3. The van der Waals surface area contributed by atoms with Crippen LogP contribution in [0.1, 0.15) is 45.4 Å². The molecule has 1 amide bonds. The maximum atomic E-state index is 11.9. The number of carbonyl (C=O) groups excluding carboxylic acids is 1. The zero-order chi connectivity index (χ0) is 13.5. The van der Waals surface area contributed by atoms with Gasteiger partial charge in [-0.1, -0.05) is 32.6 Å². The van der Waals surface area contributed by atoms with E-state index in [1.54, 1.807) is 0 Å². The van der Waals surface area contributed by atoms with Gasteiger partial charge in [-0.05, 0) is 31.8 Å². The van der Waals surface area contributed by atoms with E-state index in [4.69, 9.17) is 4.74 Å². The standard InChI is InChI=1S/C15H28N2O2/c1-12(13-10-16-11-13)15(18)17-8-9-19-14-6-4-2-3-5-7-14/h12-14,16H,2-11H2,1H3,(H,17,18). The molecule has 1 atom stereocenters. The third-order valence-electron chi connectivity index (χ3n) is 4.49. The van der Waals surface area contributed by atoms with Crippen LogP contribution in [0.25, 0.3) is 0 Å². The van der Waals surface area contributed by atoms with Gasteiger partial charge in [-0.3, -0.25) is 4.79 Å². The van der Waals surface area contributed by atoms with E-state index in [2.05, 4.69) is 10.6 Å². The maximum absolute atomic E-state index is 11.9. The van der Waals surface area contributed by atoms with E-state index in [9.17, 15) is 4.79 Å². The highest BCUT2D eigenvalue weighted by atomic mass is 16.5. The Kier molecular flexibility index (Phi) is 6.11. The molecular formula is C15H28N2O2. The second-order valence-corrected chi connectivity index (χ2v) is 5.98. The van der Waals surface area contributed by atoms with E-state index in [1.165, 1.54) is 38.5 Å². The maximum Gasteiger partial charge on any atom is 0.223 e. The van der Waals surface area contributed by atoms with Crippen LogP contribution in [0, 0.1) is 11.8 Å². The minimum absolute atomic E-state index is 0.124. The molecule has 0 aromatic rings. The van der Waals surface area contributed by atoms with Crippen LogP contribution < -0.4 is 10.6 Å². The van der Waals surface area contributed by atoms with Gasteiger partial charge < -0.3 is 15.4 Å². The van der Waals surface area contributed by atoms with E-state index >= 15 is 0 Å². The van der Waals surface area contributed by atoms with Crippen molar-refractivity contribution in [2.45, 2.75) is 51.6 Å². The lowest BCUT2D eigenvalue weighted by atomic mass is 9.88. The third-order valence-corrected chi connectivity index (χ3v) is 4.49. The molecule has 0 bridgehead atoms. The van der Waals surface area contributed by atoms with Crippen molar-refractivity contribution in [1.29, 1.82) is 0 Å². The number of hydrogen-bond donors (Lipinski definition) is 2. The fraction of sp³-hybridized carbons (Fsp3) is 0.933. The van der Waals surface area contributed by atoms with Crippen LogP contribution in [0.2, 0.25) is 0 Å². The fourth-order valence-electron chi connectivity index (χ4n) is 2.85. The first-order valence-electron chi connectivity index (χ1n) is 7.87. The molecule has 1 unspecified atom stereocenters. The molecule has 1 saturated carbocycles. The zero-order valence-electron chi connectivity index (χ0n) is 12.1. The highest BCUT2D eigenvalue weighted by Gasteiger charge is 2.28. The smallest absolute Gasteiger partial charge is 0.223 e. The average Bonchev–Trinajstić information content (AvgIpc) is 2.60. The van der Waals surface area contributed by atoms with Crippen LogP contribution >= 0.6 is 0 Å². The van der Waals surface area contributed by atoms with Crippen molar-refractivity contribution in [3.63, 3.8) is 0 Å². The topological polar surface area (TPSA) is 50.4 Å². The Morgan fingerprint density at radius 1 is 1.26 bits per heavy atom. The minimum Gasteiger partial charge on any atom is -0.376 e. The quantitative estimate of drug-likeness (QED) is 0.569. The van der Waals surface area contributed by atoms with Crippen molar-refractivity contribution in [2.75, 3.05) is 26.2 Å². The lowest BCUT2D eigenvalue weighted by molar-refractivity contribution is -0.127. The lowest BCUT2D eigenvalue weighted by Gasteiger charge is -2.31. The van der Waals surface area contributed by atoms with Crippen molar-refractivity contribution in [3.8, 4) is 0 Å². The first-order chi connectivity index (χ1) is 9.27. The summed E-state index contributed by atoms with van der Waals surface area (Å²) in [5, 5.41) is 6.20. The number of ether oxygens (including phenoxy) is 1. The van der Waals surface area contributed by atoms with Gasteiger partial charge in [0.05, 0.1) is 12.7 Å². The van der Waals surface area contributed by atoms with Crippen molar-refractivity contribution in [1.82, 2.24) is 10.6 Å². The molecule has 1 aliphatic carbocycles. The average molecular weight is 268 g/mol. The number of carbonyl (C=O) groups is 1. The zero-order valence-corrected chi connectivity index (χ0v) is 12.1. The van der Waals surface area contributed by atoms with Gasteiger partial charge in [-0.2, -0.15) is 0 Å². The number of rotatable bonds is 6. The minimum atomic E-state index is 0.124. The summed E-state index contributed by atoms with van der Waals surface area (Å²) in [5.74, 6) is 0.817. The molecule has 0 aromatic carbocycles. The second-order valence-electron chi connectivity index (χ2n) is 5.98. The highest BCUT2D eigenvalue weighted by Crippen LogP contribution is 2.19. The predicted molar refractivity (Wildman–Crippen MR) is 76.0 cm³/mol. The van der Waals surface area contributed by atoms with Crippen LogP contribution in [0.15, 0.2) is 0 Å². The summed E-state index contributed by atoms with van der Waals surface area (Å²) >= 11 is 0. The summed E-state index contributed by atoms with van der Waals surface area (Å²) in [5.41, 5.74) is 0. The molecule has 2 fully saturated rings. The van der Waals surface area contributed by atoms with Crippen molar-refractivity contribution >= 4 is 5.91 Å². The second kappa shape index (κ2) is 7.85. The van der Waals surface area contributed by atoms with E-state index in [1.807, 2.05) is 6.92 Å². The normalized spacial score (nSPS) is 23.4. The van der Waals surface area contributed by atoms with E-state index in [-0.39, 0.29) is 11.8 Å². The van der Waals surface area contributed by atoms with Crippen molar-refractivity contribution in [3.05, 3.63) is 0 Å². The molecule has 0 radical (unpaired) electrons. The fourth-order valence-corrected chi connectivity index (χ4v) is 2.85. The SMILES string of the molecule is CC(C(=O)NCCOC1CCCCCC1)C1CNC1. The van der Waals surface area contributed by atoms with Gasteiger partial charge in [0.15, 0.2) is 0 Å². The molecule has 2 rings (SSSR count). The molecule has 2 N–H and O–H groups in total. The van der Waals surface area contributed by atoms with Gasteiger partial charge in [-0.25, -0.2) is 0 Å².